The molecule has 2 aliphatic rings. The lowest BCUT2D eigenvalue weighted by atomic mass is 10.0. The summed E-state index contributed by atoms with van der Waals surface area (Å²) < 4.78 is 5.46. The summed E-state index contributed by atoms with van der Waals surface area (Å²) in [6.07, 6.45) is 5.11. The number of hydrogen-bond acceptors (Lipinski definition) is 5. The van der Waals surface area contributed by atoms with Gasteiger partial charge in [0, 0.05) is 45.0 Å². The SMILES string of the molecule is CCNC(=O)c1ccc(NC2CCN(CC3CCOC3)CC2)nc1. The van der Waals surface area contributed by atoms with Crippen LogP contribution in [-0.4, -0.2) is 61.2 Å². The van der Waals surface area contributed by atoms with Crippen molar-refractivity contribution < 1.29 is 9.53 Å². The predicted molar refractivity (Wildman–Crippen MR) is 94.3 cm³/mol. The van der Waals surface area contributed by atoms with Crippen LogP contribution < -0.4 is 10.6 Å². The molecule has 1 aromatic heterocycles. The fourth-order valence-corrected chi connectivity index (χ4v) is 3.44. The van der Waals surface area contributed by atoms with Crippen LogP contribution >= 0.6 is 0 Å². The first kappa shape index (κ1) is 17.2. The molecule has 0 aliphatic carbocycles. The van der Waals surface area contributed by atoms with Crippen molar-refractivity contribution in [2.75, 3.05) is 44.7 Å². The molecule has 0 radical (unpaired) electrons. The first-order chi connectivity index (χ1) is 11.7. The summed E-state index contributed by atoms with van der Waals surface area (Å²) in [5.74, 6) is 1.50. The van der Waals surface area contributed by atoms with E-state index in [2.05, 4.69) is 20.5 Å². The molecular weight excluding hydrogens is 304 g/mol. The van der Waals surface area contributed by atoms with Gasteiger partial charge in [0.2, 0.25) is 0 Å². The van der Waals surface area contributed by atoms with Crippen LogP contribution in [0.5, 0.6) is 0 Å². The molecule has 2 aliphatic heterocycles. The fraction of sp³-hybridized carbons (Fsp3) is 0.667. The lowest BCUT2D eigenvalue weighted by Gasteiger charge is -2.33. The molecule has 1 unspecified atom stereocenters. The first-order valence-corrected chi connectivity index (χ1v) is 9.05. The zero-order chi connectivity index (χ0) is 16.8. The Morgan fingerprint density at radius 2 is 2.17 bits per heavy atom. The molecule has 132 valence electrons. The first-order valence-electron chi connectivity index (χ1n) is 9.05. The molecule has 2 fully saturated rings. The Balaban J connectivity index is 1.43. The van der Waals surface area contributed by atoms with Crippen molar-refractivity contribution in [3.05, 3.63) is 23.9 Å². The Kier molecular flexibility index (Phi) is 6.04. The minimum Gasteiger partial charge on any atom is -0.381 e. The number of hydrogen-bond donors (Lipinski definition) is 2. The predicted octanol–water partition coefficient (Wildman–Crippen LogP) is 1.74. The molecule has 6 heteroatoms. The number of nitrogens with one attached hydrogen (secondary N) is 2. The maximum atomic E-state index is 11.7. The number of carbonyl (C=O) groups excluding carboxylic acids is 1. The summed E-state index contributed by atoms with van der Waals surface area (Å²) >= 11 is 0. The molecule has 2 N–H and O–H groups in total. The van der Waals surface area contributed by atoms with Gasteiger partial charge in [-0.3, -0.25) is 4.79 Å². The van der Waals surface area contributed by atoms with Crippen molar-refractivity contribution in [3.63, 3.8) is 0 Å². The number of piperidine rings is 1. The van der Waals surface area contributed by atoms with E-state index < -0.39 is 0 Å². The van der Waals surface area contributed by atoms with E-state index in [4.69, 9.17) is 4.74 Å². The summed E-state index contributed by atoms with van der Waals surface area (Å²) in [5.41, 5.74) is 0.607. The van der Waals surface area contributed by atoms with Gasteiger partial charge in [-0.15, -0.1) is 0 Å². The van der Waals surface area contributed by atoms with E-state index in [1.54, 1.807) is 6.20 Å². The molecule has 1 amide bonds. The third kappa shape index (κ3) is 4.68. The second kappa shape index (κ2) is 8.44. The molecule has 24 heavy (non-hydrogen) atoms. The van der Waals surface area contributed by atoms with Gasteiger partial charge in [-0.1, -0.05) is 0 Å². The largest absolute Gasteiger partial charge is 0.381 e. The van der Waals surface area contributed by atoms with Crippen molar-refractivity contribution in [3.8, 4) is 0 Å². The zero-order valence-electron chi connectivity index (χ0n) is 14.5. The van der Waals surface area contributed by atoms with Crippen molar-refractivity contribution >= 4 is 11.7 Å². The number of aromatic nitrogens is 1. The Labute approximate surface area is 144 Å². The summed E-state index contributed by atoms with van der Waals surface area (Å²) in [5, 5.41) is 6.28. The second-order valence-corrected chi connectivity index (χ2v) is 6.74. The zero-order valence-corrected chi connectivity index (χ0v) is 14.5. The van der Waals surface area contributed by atoms with Gasteiger partial charge in [-0.2, -0.15) is 0 Å². The van der Waals surface area contributed by atoms with E-state index in [1.165, 1.54) is 13.0 Å². The topological polar surface area (TPSA) is 66.5 Å². The Bertz CT molecular complexity index is 520. The number of anilines is 1. The van der Waals surface area contributed by atoms with Gasteiger partial charge >= 0.3 is 0 Å². The highest BCUT2D eigenvalue weighted by Gasteiger charge is 2.23. The maximum Gasteiger partial charge on any atom is 0.252 e. The van der Waals surface area contributed by atoms with Crippen molar-refractivity contribution in [1.82, 2.24) is 15.2 Å². The van der Waals surface area contributed by atoms with Crippen LogP contribution in [-0.2, 0) is 4.74 Å². The molecule has 3 heterocycles. The van der Waals surface area contributed by atoms with Crippen molar-refractivity contribution in [2.45, 2.75) is 32.2 Å². The molecule has 0 aromatic carbocycles. The van der Waals surface area contributed by atoms with E-state index in [1.807, 2.05) is 19.1 Å². The lowest BCUT2D eigenvalue weighted by Crippen LogP contribution is -2.41. The normalized spacial score (nSPS) is 22.5. The Morgan fingerprint density at radius 3 is 2.79 bits per heavy atom. The molecule has 0 spiro atoms. The summed E-state index contributed by atoms with van der Waals surface area (Å²) in [6, 6.07) is 4.19. The van der Waals surface area contributed by atoms with Gasteiger partial charge in [-0.05, 0) is 44.2 Å². The van der Waals surface area contributed by atoms with E-state index in [0.717, 1.165) is 50.9 Å². The lowest BCUT2D eigenvalue weighted by molar-refractivity contribution is 0.0955. The van der Waals surface area contributed by atoms with E-state index in [9.17, 15) is 4.79 Å². The monoisotopic (exact) mass is 332 g/mol. The number of pyridine rings is 1. The molecule has 3 rings (SSSR count). The molecular formula is C18H28N4O2. The van der Waals surface area contributed by atoms with Crippen LogP contribution in [0.4, 0.5) is 5.82 Å². The van der Waals surface area contributed by atoms with Crippen LogP contribution in [0.3, 0.4) is 0 Å². The van der Waals surface area contributed by atoms with Crippen LogP contribution in [0.1, 0.15) is 36.5 Å². The molecule has 6 nitrogen and oxygen atoms in total. The maximum absolute atomic E-state index is 11.7. The van der Waals surface area contributed by atoms with Gasteiger partial charge in [0.15, 0.2) is 0 Å². The Morgan fingerprint density at radius 1 is 1.33 bits per heavy atom. The van der Waals surface area contributed by atoms with Gasteiger partial charge < -0.3 is 20.3 Å². The van der Waals surface area contributed by atoms with Gasteiger partial charge in [0.25, 0.3) is 5.91 Å². The van der Waals surface area contributed by atoms with Gasteiger partial charge in [-0.25, -0.2) is 4.98 Å². The van der Waals surface area contributed by atoms with E-state index in [-0.39, 0.29) is 5.91 Å². The average molecular weight is 332 g/mol. The van der Waals surface area contributed by atoms with Gasteiger partial charge in [0.1, 0.15) is 5.82 Å². The summed E-state index contributed by atoms with van der Waals surface area (Å²) in [4.78, 5) is 18.7. The molecule has 1 aromatic rings. The fourth-order valence-electron chi connectivity index (χ4n) is 3.44. The number of amides is 1. The van der Waals surface area contributed by atoms with Crippen LogP contribution in [0.2, 0.25) is 0 Å². The van der Waals surface area contributed by atoms with Crippen molar-refractivity contribution in [2.24, 2.45) is 5.92 Å². The number of rotatable bonds is 6. The van der Waals surface area contributed by atoms with E-state index >= 15 is 0 Å². The minimum absolute atomic E-state index is 0.0687. The standard InChI is InChI=1S/C18H28N4O2/c1-2-19-18(23)15-3-4-17(20-11-15)21-16-5-8-22(9-6-16)12-14-7-10-24-13-14/h3-4,11,14,16H,2,5-10,12-13H2,1H3,(H,19,23)(H,20,21). The number of ether oxygens (including phenoxy) is 1. The quantitative estimate of drug-likeness (QED) is 0.831. The number of nitrogens with zero attached hydrogens (tertiary/aromatic N) is 2. The molecule has 0 bridgehead atoms. The highest BCUT2D eigenvalue weighted by molar-refractivity contribution is 5.93. The van der Waals surface area contributed by atoms with Crippen LogP contribution in [0, 0.1) is 5.92 Å². The van der Waals surface area contributed by atoms with Crippen LogP contribution in [0.25, 0.3) is 0 Å². The number of likely N-dealkylation sites (tertiary alicyclic amines) is 1. The minimum atomic E-state index is -0.0687. The highest BCUT2D eigenvalue weighted by Crippen LogP contribution is 2.19. The van der Waals surface area contributed by atoms with Crippen LogP contribution in [0.15, 0.2) is 18.3 Å². The molecule has 1 atom stereocenters. The Hall–Kier alpha value is -1.66. The number of carbonyl (C=O) groups is 1. The van der Waals surface area contributed by atoms with E-state index in [0.29, 0.717) is 18.2 Å². The smallest absolute Gasteiger partial charge is 0.252 e. The summed E-state index contributed by atoms with van der Waals surface area (Å²) in [7, 11) is 0. The third-order valence-corrected chi connectivity index (χ3v) is 4.84. The average Bonchev–Trinajstić information content (AvgIpc) is 3.10. The summed E-state index contributed by atoms with van der Waals surface area (Å²) in [6.45, 7) is 7.83. The second-order valence-electron chi connectivity index (χ2n) is 6.74. The third-order valence-electron chi connectivity index (χ3n) is 4.84. The highest BCUT2D eigenvalue weighted by atomic mass is 16.5. The molecule has 2 saturated heterocycles. The van der Waals surface area contributed by atoms with Gasteiger partial charge in [0.05, 0.1) is 12.2 Å². The molecule has 0 saturated carbocycles. The van der Waals surface area contributed by atoms with Crippen molar-refractivity contribution in [1.29, 1.82) is 0 Å².